The SMILES string of the molecule is Cc1cccc(-n2c(CNC(=O)c3cccc([N+](=O)[O-])c3C)nnc2SCC(=O)Nc2cc(C)ccc2C)c1. The number of nitro benzene ring substituents is 1. The zero-order valence-corrected chi connectivity index (χ0v) is 22.8. The lowest BCUT2D eigenvalue weighted by Gasteiger charge is -2.13. The molecule has 1 heterocycles. The van der Waals surface area contributed by atoms with Gasteiger partial charge < -0.3 is 10.6 Å². The van der Waals surface area contributed by atoms with Gasteiger partial charge in [-0.1, -0.05) is 42.1 Å². The molecule has 0 atom stereocenters. The van der Waals surface area contributed by atoms with E-state index in [0.29, 0.717) is 11.0 Å². The van der Waals surface area contributed by atoms with Gasteiger partial charge in [0, 0.05) is 28.6 Å². The van der Waals surface area contributed by atoms with Gasteiger partial charge in [0.1, 0.15) is 0 Å². The third kappa shape index (κ3) is 6.50. The number of nitro groups is 1. The second kappa shape index (κ2) is 11.9. The normalized spacial score (nSPS) is 10.8. The van der Waals surface area contributed by atoms with Gasteiger partial charge in [-0.25, -0.2) is 0 Å². The van der Waals surface area contributed by atoms with Gasteiger partial charge in [-0.2, -0.15) is 0 Å². The van der Waals surface area contributed by atoms with E-state index in [1.807, 2.05) is 63.2 Å². The number of hydrogen-bond donors (Lipinski definition) is 2. The zero-order valence-electron chi connectivity index (χ0n) is 22.0. The summed E-state index contributed by atoms with van der Waals surface area (Å²) in [6.07, 6.45) is 0. The van der Waals surface area contributed by atoms with Crippen molar-refractivity contribution < 1.29 is 14.5 Å². The standard InChI is InChI=1S/C28H28N6O4S/c1-17-7-5-8-21(13-17)33-25(15-29-27(36)22-9-6-10-24(20(22)4)34(37)38)31-32-28(33)39-16-26(35)30-23-14-18(2)11-12-19(23)3/h5-14H,15-16H2,1-4H3,(H,29,36)(H,30,35). The number of carbonyl (C=O) groups excluding carboxylic acids is 2. The fourth-order valence-electron chi connectivity index (χ4n) is 4.04. The highest BCUT2D eigenvalue weighted by molar-refractivity contribution is 7.99. The summed E-state index contributed by atoms with van der Waals surface area (Å²) in [4.78, 5) is 36.4. The second-order valence-corrected chi connectivity index (χ2v) is 10.1. The average molecular weight is 545 g/mol. The number of nitrogens with zero attached hydrogens (tertiary/aromatic N) is 4. The van der Waals surface area contributed by atoms with E-state index in [9.17, 15) is 19.7 Å². The Morgan fingerprint density at radius 3 is 2.46 bits per heavy atom. The minimum absolute atomic E-state index is 0.0250. The molecule has 200 valence electrons. The number of aryl methyl sites for hydroxylation is 3. The van der Waals surface area contributed by atoms with Crippen LogP contribution in [0.25, 0.3) is 5.69 Å². The molecular weight excluding hydrogens is 516 g/mol. The van der Waals surface area contributed by atoms with Gasteiger partial charge in [0.25, 0.3) is 11.6 Å². The molecule has 2 N–H and O–H groups in total. The molecule has 4 aromatic rings. The van der Waals surface area contributed by atoms with Crippen molar-refractivity contribution >= 4 is 35.0 Å². The van der Waals surface area contributed by atoms with Gasteiger partial charge in [0.15, 0.2) is 11.0 Å². The Morgan fingerprint density at radius 2 is 1.72 bits per heavy atom. The first-order valence-corrected chi connectivity index (χ1v) is 13.2. The Balaban J connectivity index is 1.54. The molecule has 0 unspecified atom stereocenters. The molecule has 0 fully saturated rings. The van der Waals surface area contributed by atoms with E-state index in [2.05, 4.69) is 20.8 Å². The average Bonchev–Trinajstić information content (AvgIpc) is 3.31. The van der Waals surface area contributed by atoms with E-state index in [-0.39, 0.29) is 35.0 Å². The summed E-state index contributed by atoms with van der Waals surface area (Å²) < 4.78 is 1.80. The maximum atomic E-state index is 12.9. The predicted octanol–water partition coefficient (Wildman–Crippen LogP) is 5.07. The van der Waals surface area contributed by atoms with Crippen molar-refractivity contribution in [2.24, 2.45) is 0 Å². The topological polar surface area (TPSA) is 132 Å². The molecule has 39 heavy (non-hydrogen) atoms. The number of hydrogen-bond acceptors (Lipinski definition) is 7. The molecule has 3 aromatic carbocycles. The predicted molar refractivity (Wildman–Crippen MR) is 150 cm³/mol. The van der Waals surface area contributed by atoms with Crippen LogP contribution in [0.1, 0.15) is 38.4 Å². The van der Waals surface area contributed by atoms with E-state index in [1.165, 1.54) is 23.9 Å². The van der Waals surface area contributed by atoms with Crippen LogP contribution in [0.3, 0.4) is 0 Å². The third-order valence-corrected chi connectivity index (χ3v) is 7.04. The van der Waals surface area contributed by atoms with Crippen LogP contribution in [0.5, 0.6) is 0 Å². The summed E-state index contributed by atoms with van der Waals surface area (Å²) in [6.45, 7) is 7.43. The summed E-state index contributed by atoms with van der Waals surface area (Å²) in [7, 11) is 0. The van der Waals surface area contributed by atoms with Gasteiger partial charge in [-0.15, -0.1) is 10.2 Å². The first-order valence-electron chi connectivity index (χ1n) is 12.2. The number of nitrogens with one attached hydrogen (secondary N) is 2. The number of aromatic nitrogens is 3. The minimum Gasteiger partial charge on any atom is -0.345 e. The molecule has 0 radical (unpaired) electrons. The number of thioether (sulfide) groups is 1. The number of anilines is 1. The molecule has 1 aromatic heterocycles. The van der Waals surface area contributed by atoms with Crippen molar-refractivity contribution in [3.63, 3.8) is 0 Å². The lowest BCUT2D eigenvalue weighted by Crippen LogP contribution is -2.25. The van der Waals surface area contributed by atoms with Crippen LogP contribution >= 0.6 is 11.8 Å². The van der Waals surface area contributed by atoms with Crippen LogP contribution in [-0.2, 0) is 11.3 Å². The van der Waals surface area contributed by atoms with Gasteiger partial charge >= 0.3 is 0 Å². The molecule has 10 nitrogen and oxygen atoms in total. The first kappa shape index (κ1) is 27.5. The van der Waals surface area contributed by atoms with Crippen LogP contribution in [0.4, 0.5) is 11.4 Å². The summed E-state index contributed by atoms with van der Waals surface area (Å²) >= 11 is 1.23. The molecule has 0 aliphatic heterocycles. The summed E-state index contributed by atoms with van der Waals surface area (Å²) in [6, 6.07) is 18.0. The number of benzene rings is 3. The number of carbonyl (C=O) groups is 2. The van der Waals surface area contributed by atoms with Gasteiger partial charge in [-0.3, -0.25) is 24.3 Å². The number of amides is 2. The highest BCUT2D eigenvalue weighted by Gasteiger charge is 2.20. The van der Waals surface area contributed by atoms with Gasteiger partial charge in [-0.05, 0) is 68.7 Å². The third-order valence-electron chi connectivity index (χ3n) is 6.11. The molecule has 0 aliphatic rings. The smallest absolute Gasteiger partial charge is 0.273 e. The van der Waals surface area contributed by atoms with Crippen molar-refractivity contribution in [3.05, 3.63) is 104 Å². The summed E-state index contributed by atoms with van der Waals surface area (Å²) in [5.41, 5.74) is 4.97. The molecule has 4 rings (SSSR count). The lowest BCUT2D eigenvalue weighted by atomic mass is 10.1. The Hall–Kier alpha value is -4.51. The Labute approximate surface area is 230 Å². The lowest BCUT2D eigenvalue weighted by molar-refractivity contribution is -0.385. The summed E-state index contributed by atoms with van der Waals surface area (Å²) in [5.74, 6) is -0.0774. The maximum absolute atomic E-state index is 12.9. The van der Waals surface area contributed by atoms with Gasteiger partial charge in [0.05, 0.1) is 17.2 Å². The molecule has 0 aliphatic carbocycles. The van der Waals surface area contributed by atoms with Crippen LogP contribution in [0.2, 0.25) is 0 Å². The largest absolute Gasteiger partial charge is 0.345 e. The Bertz CT molecular complexity index is 1570. The minimum atomic E-state index is -0.513. The van der Waals surface area contributed by atoms with Crippen molar-refractivity contribution in [1.82, 2.24) is 20.1 Å². The second-order valence-electron chi connectivity index (χ2n) is 9.12. The van der Waals surface area contributed by atoms with E-state index >= 15 is 0 Å². The van der Waals surface area contributed by atoms with Crippen LogP contribution in [0, 0.1) is 37.8 Å². The van der Waals surface area contributed by atoms with Crippen LogP contribution < -0.4 is 10.6 Å². The highest BCUT2D eigenvalue weighted by Crippen LogP contribution is 2.25. The first-order chi connectivity index (χ1) is 18.6. The zero-order chi connectivity index (χ0) is 28.1. The quantitative estimate of drug-likeness (QED) is 0.171. The van der Waals surface area contributed by atoms with Crippen LogP contribution in [-0.4, -0.2) is 37.3 Å². The van der Waals surface area contributed by atoms with Crippen molar-refractivity contribution in [3.8, 4) is 5.69 Å². The molecule has 0 saturated carbocycles. The molecular formula is C28H28N6O4S. The van der Waals surface area contributed by atoms with E-state index < -0.39 is 10.8 Å². The molecule has 2 amide bonds. The van der Waals surface area contributed by atoms with Crippen molar-refractivity contribution in [2.45, 2.75) is 39.4 Å². The Morgan fingerprint density at radius 1 is 0.974 bits per heavy atom. The fourth-order valence-corrected chi connectivity index (χ4v) is 4.81. The Kier molecular flexibility index (Phi) is 8.40. The fraction of sp³-hybridized carbons (Fsp3) is 0.214. The highest BCUT2D eigenvalue weighted by atomic mass is 32.2. The summed E-state index contributed by atoms with van der Waals surface area (Å²) in [5, 5.41) is 26.1. The monoisotopic (exact) mass is 544 g/mol. The van der Waals surface area contributed by atoms with Crippen molar-refractivity contribution in [1.29, 1.82) is 0 Å². The molecule has 11 heteroatoms. The maximum Gasteiger partial charge on any atom is 0.273 e. The molecule has 0 saturated heterocycles. The van der Waals surface area contributed by atoms with E-state index in [1.54, 1.807) is 17.6 Å². The van der Waals surface area contributed by atoms with E-state index in [4.69, 9.17) is 0 Å². The van der Waals surface area contributed by atoms with E-state index in [0.717, 1.165) is 28.1 Å². The van der Waals surface area contributed by atoms with Crippen LogP contribution in [0.15, 0.2) is 65.8 Å². The molecule has 0 spiro atoms. The van der Waals surface area contributed by atoms with Crippen molar-refractivity contribution in [2.75, 3.05) is 11.1 Å². The number of rotatable bonds is 9. The van der Waals surface area contributed by atoms with Gasteiger partial charge in [0.2, 0.25) is 5.91 Å². The molecule has 0 bridgehead atoms.